The van der Waals surface area contributed by atoms with Crippen LogP contribution < -0.4 is 36.7 Å². The van der Waals surface area contributed by atoms with Gasteiger partial charge in [0, 0.05) is 46.3 Å². The number of cyclic esters (lactones) is 2. The maximum atomic E-state index is 13.1. The minimum Gasteiger partial charge on any atom is -0.508 e. The Balaban J connectivity index is 0.000000578. The van der Waals surface area contributed by atoms with E-state index in [4.69, 9.17) is 14.9 Å². The molecule has 3 atom stereocenters. The van der Waals surface area contributed by atoms with Crippen LogP contribution in [0.3, 0.4) is 0 Å². The van der Waals surface area contributed by atoms with Crippen LogP contribution in [0.4, 0.5) is 5.69 Å². The number of carboxylic acid groups (broad SMARTS) is 1. The summed E-state index contributed by atoms with van der Waals surface area (Å²) in [5, 5.41) is 39.6. The van der Waals surface area contributed by atoms with Crippen LogP contribution in [0.15, 0.2) is 91.1 Å². The number of amides is 3. The summed E-state index contributed by atoms with van der Waals surface area (Å²) in [4.78, 5) is 87.4. The van der Waals surface area contributed by atoms with Crippen LogP contribution in [-0.4, -0.2) is 131 Å². The van der Waals surface area contributed by atoms with Gasteiger partial charge in [-0.25, -0.2) is 4.79 Å². The number of phenolic OH excluding ortho intramolecular Hbond substituents is 3. The van der Waals surface area contributed by atoms with Gasteiger partial charge in [0.05, 0.1) is 29.3 Å². The molecule has 6 aliphatic heterocycles. The van der Waals surface area contributed by atoms with Crippen LogP contribution in [0, 0.1) is 0 Å². The number of rotatable bonds is 40. The third kappa shape index (κ3) is 77.6. The molecule has 6 heterocycles. The molecule has 6 aliphatic rings. The Hall–Kier alpha value is 53.0. The monoisotopic (exact) mass is 11300 g/mol. The van der Waals surface area contributed by atoms with Gasteiger partial charge in [-0.15, -0.1) is 0 Å². The second-order valence-electron chi connectivity index (χ2n) is 24.1. The second-order valence-corrected chi connectivity index (χ2v) is 1820. The molecule has 148 heavy (non-hydrogen) atoms. The minimum absolute atomic E-state index is 0.000577. The molecular formula is C48H54I82N4O13Si-2. The summed E-state index contributed by atoms with van der Waals surface area (Å²) in [5.74, 6) is -2.54. The van der Waals surface area contributed by atoms with E-state index in [1.165, 1.54) is 41.3 Å². The molecule has 0 spiro atoms. The molecule has 0 aromatic heterocycles. The number of nitrogens with one attached hydrogen (secondary N) is 1. The summed E-state index contributed by atoms with van der Waals surface area (Å²) < 4.78 is 10.2. The Kier molecular flexibility index (Phi) is 148. The summed E-state index contributed by atoms with van der Waals surface area (Å²) in [6.07, 6.45) is 1.94. The van der Waals surface area contributed by atoms with Crippen molar-refractivity contribution in [2.75, 3.05) is 37.9 Å². The molecule has 3 fully saturated rings. The predicted molar refractivity (Wildman–Crippen MR) is 1370 cm³/mol. The molecule has 9 rings (SSSR count). The van der Waals surface area contributed by atoms with E-state index in [0.717, 1.165) is 22.8 Å². The number of carbonyl (C=O) groups is 7. The van der Waals surface area contributed by atoms with Crippen molar-refractivity contribution in [2.45, 2.75) is 75.9 Å². The van der Waals surface area contributed by atoms with E-state index < -0.39 is 220 Å². The van der Waals surface area contributed by atoms with Gasteiger partial charge >= 0.3 is 1150 Å². The van der Waals surface area contributed by atoms with Crippen molar-refractivity contribution in [3.8, 4) is 17.2 Å². The van der Waals surface area contributed by atoms with E-state index in [0.29, 0.717) is 100.0 Å². The fraction of sp³-hybridized carbons (Fsp3) is 0.354. The summed E-state index contributed by atoms with van der Waals surface area (Å²) in [6.45, 7) is 20.4. The summed E-state index contributed by atoms with van der Waals surface area (Å²) in [6, 6.07) is 13.1. The number of phenols is 3. The number of Topliss-reactive ketones (excluding diaryl/α,β-unsaturated/α-hetero) is 1. The molecule has 5 N–H and O–H groups in total. The van der Waals surface area contributed by atoms with Crippen LogP contribution in [0.25, 0.3) is 0 Å². The van der Waals surface area contributed by atoms with E-state index >= 15 is 0 Å². The maximum Gasteiger partial charge on any atom is 0.346 e. The van der Waals surface area contributed by atoms with Crippen LogP contribution in [0.1, 0.15) is 61.5 Å². The normalized spacial score (nSPS) is 19.1. The average molecular weight is 11300 g/mol. The van der Waals surface area contributed by atoms with Crippen molar-refractivity contribution in [2.24, 2.45) is 0 Å². The van der Waals surface area contributed by atoms with E-state index in [2.05, 4.69) is 869 Å². The fourth-order valence-electron chi connectivity index (χ4n) is 8.99. The first-order valence-corrected chi connectivity index (χ1v) is 526. The zero-order valence-electron chi connectivity index (χ0n) is 68.1. The fourth-order valence-corrected chi connectivity index (χ4v) is 12200. The summed E-state index contributed by atoms with van der Waals surface area (Å²) in [5.41, 5.74) is 5.55. The molecule has 17 nitrogen and oxygen atoms in total. The van der Waals surface area contributed by atoms with Gasteiger partial charge in [0.1, 0.15) is 36.1 Å². The van der Waals surface area contributed by atoms with Gasteiger partial charge in [-0.2, -0.15) is 0 Å². The number of nitrogens with zero attached hydrogens (tertiary/aromatic N) is 3. The molecule has 0 aliphatic carbocycles. The number of fused-ring (bicyclic) bond motifs is 5. The van der Waals surface area contributed by atoms with E-state index in [-0.39, 0.29) is 175 Å². The first-order valence-electron chi connectivity index (χ1n) is 32.5. The number of ketones is 1. The topological polar surface area (TPSA) is 241 Å². The molecule has 0 unspecified atom stereocenters. The Morgan fingerprint density at radius 3 is 0.973 bits per heavy atom. The number of benzene rings is 3. The second kappa shape index (κ2) is 111. The number of hydrogen-bond acceptors (Lipinski definition) is 13. The van der Waals surface area contributed by atoms with Gasteiger partial charge in [-0.3, -0.25) is 33.7 Å². The van der Waals surface area contributed by atoms with Gasteiger partial charge in [0.25, 0.3) is 17.7 Å². The number of esters is 2. The summed E-state index contributed by atoms with van der Waals surface area (Å²) >= 11 is 135. The van der Waals surface area contributed by atoms with Crippen LogP contribution in [0.2, 0.25) is 25.7 Å². The molecule has 3 saturated heterocycles. The van der Waals surface area contributed by atoms with Crippen molar-refractivity contribution in [1.82, 2.24) is 15.1 Å². The third-order valence-corrected chi connectivity index (χ3v) is 5470. The van der Waals surface area contributed by atoms with Crippen LogP contribution in [0.5, 0.6) is 17.2 Å². The first kappa shape index (κ1) is 197. The molecule has 0 bridgehead atoms. The number of aliphatic carboxylic acids is 1. The van der Waals surface area contributed by atoms with Crippen LogP contribution in [-0.2, 0) is 41.5 Å². The number of hydrogen-bond donors (Lipinski definition) is 5. The largest absolute Gasteiger partial charge is 0.508 e. The number of ether oxygens (including phenoxy) is 2. The standard InChI is InChI=1S/C19H26N2O4Si.C14H13NO3.C9H6O4.C6H9NO2.I22.I21.I20.I19/c1-13-9-17-19(24)21(12-25-7-8-26(2,3)4)16-6-5-14(22)10-15(16)18(23)20(17)11-13;1-8-4-12-13(17)5-9-2-3-10(16)6-11(9)14(18)15(12)7-8;10-6-2-1-5-3-8(11)13-9(12)7(5)4-6;1-4-2-5(6(8)9)7-3-4;1-13(2)15(5)17(7)19(9)21(11)22(12)20(10)18(8)16(6)14(3)4;1-12-14(4)16(6)18(8)20(10)21(11)19(9)17(7)15(5)13(2)3;1-12(2)14(5)16(7)18(9)20(11)19(10)17(8)15(6)13(3)4;1-11-13(4)15(6)17(8)19(10)18(9)16(7)14(5)12(2)3/h5-6,10,17,22H,1,7-9,11-12H2,2-4H3;2-3,6,12,16H,1,4-5,7H2;1-2,4,10H,3H2;5,7H,1-3H2,(H,8,9);;;;/q;;;;;-1;;-1/t17-;12-;;5-;;;;/m00.0..../s1. The predicted octanol–water partition coefficient (Wildman–Crippen LogP) is 69.6. The SMILES string of the molecule is C=C1CN[C@H](C(=O)O)C1.C=C1C[C@H]2C(=O)Cc3ccc(O)cc3C(=O)N2C1.C=C1C[C@H]2C(=O)N(COCC[Si](C)(C)C)c3ccc(O)cc3C(=O)N2C1.II(I)I(I)I(I)I(I)I(I)I(I)I(I)I(I)I(I)I.II(I)I(I)I(I)I(I)I(I)I(I)I(I)I(I)I(I)I(I)I.I[I-]I(I)I(I)I(I)I(I)I(I)I(I)I(I)I(I)I.I[I-]I(I)I(I)I(I)I(I)I(I)I(I)I(I)I(I)I(I)I.O=C1Cc2ccc(O)cc2C(=O)O1. The smallest absolute Gasteiger partial charge is 0.346 e. The van der Waals surface area contributed by atoms with Gasteiger partial charge < -0.3 is 45.0 Å². The van der Waals surface area contributed by atoms with Gasteiger partial charge in [-0.05, 0) is 78.9 Å². The van der Waals surface area contributed by atoms with E-state index in [1.54, 1.807) is 28.0 Å². The van der Waals surface area contributed by atoms with Crippen molar-refractivity contribution < 1.29 is 90.0 Å². The zero-order chi connectivity index (χ0) is 114. The number of aromatic hydroxyl groups is 3. The van der Waals surface area contributed by atoms with Crippen molar-refractivity contribution in [3.05, 3.63) is 119 Å². The Morgan fingerprint density at radius 1 is 0.392 bits per heavy atom. The van der Waals surface area contributed by atoms with E-state index in [1.807, 2.05) is 0 Å². The molecule has 924 valence electrons. The molecule has 3 aromatic rings. The average Bonchev–Trinajstić information content (AvgIpc) is 1.61. The first-order chi connectivity index (χ1) is 68.2. The maximum absolute atomic E-state index is 13.1. The molecule has 100 heteroatoms. The molecule has 3 aromatic carbocycles. The van der Waals surface area contributed by atoms with Crippen LogP contribution >= 0.6 is 1100 Å². The van der Waals surface area contributed by atoms with E-state index in [9.17, 15) is 43.8 Å². The number of anilines is 1. The summed E-state index contributed by atoms with van der Waals surface area (Å²) in [7, 11) is -15.6. The van der Waals surface area contributed by atoms with Gasteiger partial charge in [0.2, 0.25) is 0 Å². The van der Waals surface area contributed by atoms with Gasteiger partial charge in [-0.1, -0.05) is 68.2 Å². The quantitative estimate of drug-likeness (QED) is 0.00889. The minimum atomic E-state index is -1.23. The number of halogens is 82. The number of carbonyl (C=O) groups excluding carboxylic acids is 6. The Bertz CT molecular complexity index is 4650. The van der Waals surface area contributed by atoms with Gasteiger partial charge in [0.15, 0.2) is 5.78 Å². The van der Waals surface area contributed by atoms with Crippen molar-refractivity contribution in [3.63, 3.8) is 0 Å². The van der Waals surface area contributed by atoms with Crippen molar-refractivity contribution >= 4 is 1160 Å². The molecule has 0 radical (unpaired) electrons. The zero-order valence-corrected chi connectivity index (χ0v) is 246. The molecular weight excluding hydrogens is 11300 g/mol. The Morgan fingerprint density at radius 2 is 0.676 bits per heavy atom. The Labute approximate surface area is 1440 Å². The molecule has 0 saturated carbocycles. The third-order valence-electron chi connectivity index (χ3n) is 14.3. The molecule has 3 amide bonds. The number of carboxylic acids is 1. The van der Waals surface area contributed by atoms with Crippen molar-refractivity contribution in [1.29, 1.82) is 0 Å².